The summed E-state index contributed by atoms with van der Waals surface area (Å²) in [6.07, 6.45) is 2.22. The number of carbonyl (C=O) groups is 3. The third-order valence-electron chi connectivity index (χ3n) is 7.01. The Hall–Kier alpha value is -4.70. The number of amides is 1. The van der Waals surface area contributed by atoms with Gasteiger partial charge < -0.3 is 5.11 Å². The number of carboxylic acid groups (broad SMARTS) is 1. The van der Waals surface area contributed by atoms with Crippen molar-refractivity contribution in [3.05, 3.63) is 90.0 Å². The summed E-state index contributed by atoms with van der Waals surface area (Å²) in [4.78, 5) is 38.1. The van der Waals surface area contributed by atoms with Gasteiger partial charge in [0.2, 0.25) is 5.91 Å². The summed E-state index contributed by atoms with van der Waals surface area (Å²) in [5.74, 6) is -0.967. The molecule has 5 rings (SSSR count). The molecule has 1 aliphatic heterocycles. The molecular weight excluding hydrogens is 508 g/mol. The number of hydrazine groups is 1. The minimum Gasteiger partial charge on any atom is -0.480 e. The molecule has 1 saturated heterocycles. The van der Waals surface area contributed by atoms with Crippen molar-refractivity contribution in [3.8, 4) is 22.5 Å². The van der Waals surface area contributed by atoms with Gasteiger partial charge in [-0.3, -0.25) is 19.4 Å². The SMILES string of the molecule is CCCC(=O)n1nnnc1-c1ccccc1-c1ccc(CN(C(=O)c2ccccc2)N2CCCC2C(=O)O)cc1. The normalized spacial score (nSPS) is 15.2. The van der Waals surface area contributed by atoms with Crippen LogP contribution in [0.5, 0.6) is 0 Å². The van der Waals surface area contributed by atoms with Gasteiger partial charge in [0.25, 0.3) is 5.91 Å². The van der Waals surface area contributed by atoms with Gasteiger partial charge >= 0.3 is 5.97 Å². The minimum atomic E-state index is -0.935. The van der Waals surface area contributed by atoms with Gasteiger partial charge in [0.1, 0.15) is 6.04 Å². The number of aromatic nitrogens is 4. The number of carbonyl (C=O) groups excluding carboxylic acids is 2. The summed E-state index contributed by atoms with van der Waals surface area (Å²) in [6, 6.07) is 23.5. The summed E-state index contributed by atoms with van der Waals surface area (Å²) < 4.78 is 1.25. The van der Waals surface area contributed by atoms with Crippen LogP contribution in [-0.4, -0.2) is 65.7 Å². The number of aliphatic carboxylic acids is 1. The Labute approximate surface area is 231 Å². The Kier molecular flexibility index (Phi) is 8.07. The number of nitrogens with zero attached hydrogens (tertiary/aromatic N) is 6. The van der Waals surface area contributed by atoms with Crippen LogP contribution in [0.4, 0.5) is 0 Å². The molecule has 10 heteroatoms. The Balaban J connectivity index is 1.44. The number of benzene rings is 3. The highest BCUT2D eigenvalue weighted by molar-refractivity contribution is 5.94. The van der Waals surface area contributed by atoms with Gasteiger partial charge in [0.15, 0.2) is 5.82 Å². The zero-order valence-corrected chi connectivity index (χ0v) is 22.2. The van der Waals surface area contributed by atoms with E-state index in [1.54, 1.807) is 34.3 Å². The quantitative estimate of drug-likeness (QED) is 0.308. The van der Waals surface area contributed by atoms with Crippen molar-refractivity contribution in [1.82, 2.24) is 30.2 Å². The Morgan fingerprint density at radius 2 is 1.65 bits per heavy atom. The molecule has 4 aromatic rings. The molecule has 1 amide bonds. The van der Waals surface area contributed by atoms with Gasteiger partial charge in [-0.25, -0.2) is 5.01 Å². The van der Waals surface area contributed by atoms with Crippen LogP contribution in [0.2, 0.25) is 0 Å². The number of hydrogen-bond acceptors (Lipinski definition) is 7. The summed E-state index contributed by atoms with van der Waals surface area (Å²) in [5.41, 5.74) is 3.83. The predicted molar refractivity (Wildman–Crippen MR) is 148 cm³/mol. The van der Waals surface area contributed by atoms with Crippen molar-refractivity contribution >= 4 is 17.8 Å². The highest BCUT2D eigenvalue weighted by atomic mass is 16.4. The van der Waals surface area contributed by atoms with Gasteiger partial charge in [0.05, 0.1) is 6.54 Å². The summed E-state index contributed by atoms with van der Waals surface area (Å²) in [5, 5.41) is 24.8. The molecule has 0 spiro atoms. The first-order valence-electron chi connectivity index (χ1n) is 13.3. The van der Waals surface area contributed by atoms with Crippen molar-refractivity contribution in [2.45, 2.75) is 45.2 Å². The van der Waals surface area contributed by atoms with E-state index in [9.17, 15) is 19.5 Å². The van der Waals surface area contributed by atoms with E-state index in [1.165, 1.54) is 4.68 Å². The summed E-state index contributed by atoms with van der Waals surface area (Å²) in [7, 11) is 0. The molecule has 0 bridgehead atoms. The number of carboxylic acids is 1. The molecule has 2 heterocycles. The number of hydrogen-bond donors (Lipinski definition) is 1. The number of rotatable bonds is 9. The molecule has 1 unspecified atom stereocenters. The van der Waals surface area contributed by atoms with E-state index in [0.29, 0.717) is 43.6 Å². The first-order chi connectivity index (χ1) is 19.5. The van der Waals surface area contributed by atoms with E-state index in [0.717, 1.165) is 22.3 Å². The van der Waals surface area contributed by atoms with Crippen LogP contribution in [-0.2, 0) is 11.3 Å². The zero-order valence-electron chi connectivity index (χ0n) is 22.2. The van der Waals surface area contributed by atoms with E-state index >= 15 is 0 Å². The maximum atomic E-state index is 13.5. The van der Waals surface area contributed by atoms with Crippen LogP contribution in [0.1, 0.15) is 53.3 Å². The molecule has 40 heavy (non-hydrogen) atoms. The molecule has 0 radical (unpaired) electrons. The highest BCUT2D eigenvalue weighted by Crippen LogP contribution is 2.31. The first-order valence-corrected chi connectivity index (χ1v) is 13.3. The van der Waals surface area contributed by atoms with Crippen LogP contribution in [0, 0.1) is 0 Å². The van der Waals surface area contributed by atoms with Crippen LogP contribution in [0.15, 0.2) is 78.9 Å². The highest BCUT2D eigenvalue weighted by Gasteiger charge is 2.37. The Bertz CT molecular complexity index is 1500. The van der Waals surface area contributed by atoms with Gasteiger partial charge in [-0.2, -0.15) is 4.68 Å². The van der Waals surface area contributed by atoms with Crippen molar-refractivity contribution in [2.24, 2.45) is 0 Å². The molecule has 0 aliphatic carbocycles. The Morgan fingerprint density at radius 1 is 0.950 bits per heavy atom. The van der Waals surface area contributed by atoms with Crippen LogP contribution in [0.25, 0.3) is 22.5 Å². The van der Waals surface area contributed by atoms with Crippen molar-refractivity contribution in [2.75, 3.05) is 6.54 Å². The second-order valence-corrected chi connectivity index (χ2v) is 9.69. The second kappa shape index (κ2) is 12.0. The lowest BCUT2D eigenvalue weighted by Gasteiger charge is -2.34. The van der Waals surface area contributed by atoms with Crippen molar-refractivity contribution in [3.63, 3.8) is 0 Å². The molecule has 204 valence electrons. The van der Waals surface area contributed by atoms with Crippen LogP contribution in [0.3, 0.4) is 0 Å². The smallest absolute Gasteiger partial charge is 0.322 e. The molecule has 1 N–H and O–H groups in total. The number of tetrazole rings is 1. The average molecular weight is 539 g/mol. The third-order valence-corrected chi connectivity index (χ3v) is 7.01. The molecule has 1 atom stereocenters. The molecule has 3 aromatic carbocycles. The molecule has 1 aromatic heterocycles. The van der Waals surface area contributed by atoms with Crippen LogP contribution < -0.4 is 0 Å². The fourth-order valence-corrected chi connectivity index (χ4v) is 5.04. The topological polar surface area (TPSA) is 122 Å². The maximum Gasteiger partial charge on any atom is 0.322 e. The summed E-state index contributed by atoms with van der Waals surface area (Å²) >= 11 is 0. The molecule has 1 aliphatic rings. The average Bonchev–Trinajstić information content (AvgIpc) is 3.67. The maximum absolute atomic E-state index is 13.5. The fraction of sp³-hybridized carbons (Fsp3) is 0.267. The van der Waals surface area contributed by atoms with Gasteiger partial charge in [-0.1, -0.05) is 73.7 Å². The molecule has 10 nitrogen and oxygen atoms in total. The van der Waals surface area contributed by atoms with Gasteiger partial charge in [-0.15, -0.1) is 5.10 Å². The second-order valence-electron chi connectivity index (χ2n) is 9.69. The minimum absolute atomic E-state index is 0.169. The first kappa shape index (κ1) is 26.9. The fourth-order valence-electron chi connectivity index (χ4n) is 5.04. The zero-order chi connectivity index (χ0) is 28.1. The van der Waals surface area contributed by atoms with E-state index in [4.69, 9.17) is 0 Å². The molecule has 0 saturated carbocycles. The van der Waals surface area contributed by atoms with Crippen molar-refractivity contribution < 1.29 is 19.5 Å². The largest absolute Gasteiger partial charge is 0.480 e. The lowest BCUT2D eigenvalue weighted by atomic mass is 9.98. The van der Waals surface area contributed by atoms with Crippen LogP contribution >= 0.6 is 0 Å². The lowest BCUT2D eigenvalue weighted by molar-refractivity contribution is -0.147. The molecular formula is C30H30N6O4. The summed E-state index contributed by atoms with van der Waals surface area (Å²) in [6.45, 7) is 2.65. The molecule has 1 fully saturated rings. The van der Waals surface area contributed by atoms with Crippen molar-refractivity contribution in [1.29, 1.82) is 0 Å². The lowest BCUT2D eigenvalue weighted by Crippen LogP contribution is -2.51. The Morgan fingerprint density at radius 3 is 2.35 bits per heavy atom. The van der Waals surface area contributed by atoms with E-state index < -0.39 is 12.0 Å². The third kappa shape index (κ3) is 5.52. The van der Waals surface area contributed by atoms with Gasteiger partial charge in [0, 0.05) is 24.1 Å². The van der Waals surface area contributed by atoms with E-state index in [-0.39, 0.29) is 18.4 Å². The monoisotopic (exact) mass is 538 g/mol. The van der Waals surface area contributed by atoms with Gasteiger partial charge in [-0.05, 0) is 58.5 Å². The predicted octanol–water partition coefficient (Wildman–Crippen LogP) is 4.55. The van der Waals surface area contributed by atoms with E-state index in [1.807, 2.05) is 61.5 Å². The van der Waals surface area contributed by atoms with E-state index in [2.05, 4.69) is 15.5 Å². The standard InChI is InChI=1S/C30H30N6O4/c1-2-9-27(37)36-28(31-32-33-36)25-13-7-6-12-24(25)22-17-15-21(16-18-22)20-35(29(38)23-10-4-3-5-11-23)34-19-8-14-26(34)30(39)40/h3-7,10-13,15-18,26H,2,8-9,14,19-20H2,1H3,(H,39,40).